The van der Waals surface area contributed by atoms with Crippen molar-refractivity contribution in [3.8, 4) is 11.5 Å². The van der Waals surface area contributed by atoms with Gasteiger partial charge in [-0.15, -0.1) is 0 Å². The Morgan fingerprint density at radius 2 is 2.07 bits per heavy atom. The molecule has 9 heteroatoms. The van der Waals surface area contributed by atoms with E-state index >= 15 is 0 Å². The maximum atomic E-state index is 12.2. The minimum absolute atomic E-state index is 0.144. The second kappa shape index (κ2) is 6.94. The zero-order valence-electron chi connectivity index (χ0n) is 14.5. The van der Waals surface area contributed by atoms with Crippen LogP contribution in [-0.4, -0.2) is 38.2 Å². The fraction of sp³-hybridized carbons (Fsp3) is 0.222. The fourth-order valence-electron chi connectivity index (χ4n) is 2.71. The lowest BCUT2D eigenvalue weighted by molar-refractivity contribution is 0.0759. The van der Waals surface area contributed by atoms with E-state index in [1.165, 1.54) is 25.4 Å². The van der Waals surface area contributed by atoms with Crippen LogP contribution in [0.4, 0.5) is 5.69 Å². The zero-order valence-corrected chi connectivity index (χ0v) is 14.5. The summed E-state index contributed by atoms with van der Waals surface area (Å²) < 4.78 is 14.4. The average molecular weight is 367 g/mol. The number of fused-ring (bicyclic) bond motifs is 1. The number of aryl methyl sites for hydroxylation is 1. The summed E-state index contributed by atoms with van der Waals surface area (Å²) in [5, 5.41) is 10.9. The first-order valence-electron chi connectivity index (χ1n) is 8.35. The molecule has 1 aliphatic rings. The van der Waals surface area contributed by atoms with Gasteiger partial charge in [-0.2, -0.15) is 10.2 Å². The number of rotatable bonds is 4. The van der Waals surface area contributed by atoms with E-state index in [9.17, 15) is 9.59 Å². The minimum Gasteiger partial charge on any atom is -0.486 e. The Hall–Kier alpha value is -3.62. The van der Waals surface area contributed by atoms with Crippen LogP contribution >= 0.6 is 0 Å². The van der Waals surface area contributed by atoms with Gasteiger partial charge >= 0.3 is 0 Å². The van der Waals surface area contributed by atoms with Crippen LogP contribution in [0.25, 0.3) is 0 Å². The van der Waals surface area contributed by atoms with Gasteiger partial charge in [0.25, 0.3) is 11.5 Å². The number of amides is 1. The van der Waals surface area contributed by atoms with Crippen LogP contribution in [0.5, 0.6) is 11.5 Å². The summed E-state index contributed by atoms with van der Waals surface area (Å²) in [4.78, 5) is 23.6. The van der Waals surface area contributed by atoms with Gasteiger partial charge in [0.1, 0.15) is 12.3 Å². The highest BCUT2D eigenvalue weighted by molar-refractivity contribution is 6.02. The second-order valence-electron chi connectivity index (χ2n) is 6.08. The molecule has 1 aromatic carbocycles. The molecule has 0 radical (unpaired) electrons. The molecule has 0 bridgehead atoms. The van der Waals surface area contributed by atoms with Crippen molar-refractivity contribution in [2.75, 3.05) is 11.9 Å². The molecule has 0 fully saturated rings. The van der Waals surface area contributed by atoms with Crippen LogP contribution in [0, 0.1) is 0 Å². The molecule has 1 N–H and O–H groups in total. The summed E-state index contributed by atoms with van der Waals surface area (Å²) in [6.07, 6.45) is 3.05. The molecular formula is C18H17N5O4. The van der Waals surface area contributed by atoms with Crippen LogP contribution in [0.15, 0.2) is 53.6 Å². The number of hydrogen-bond acceptors (Lipinski definition) is 6. The van der Waals surface area contributed by atoms with Gasteiger partial charge in [0, 0.05) is 19.3 Å². The highest BCUT2D eigenvalue weighted by Crippen LogP contribution is 2.31. The van der Waals surface area contributed by atoms with Gasteiger partial charge in [0.2, 0.25) is 0 Å². The monoisotopic (exact) mass is 367 g/mol. The van der Waals surface area contributed by atoms with Gasteiger partial charge in [0.15, 0.2) is 17.6 Å². The third kappa shape index (κ3) is 3.66. The molecule has 1 atom stereocenters. The number of para-hydroxylation sites is 2. The van der Waals surface area contributed by atoms with Gasteiger partial charge in [-0.05, 0) is 18.2 Å². The lowest BCUT2D eigenvalue weighted by Gasteiger charge is -2.26. The van der Waals surface area contributed by atoms with E-state index in [1.807, 2.05) is 24.3 Å². The summed E-state index contributed by atoms with van der Waals surface area (Å²) in [6, 6.07) is 10.2. The summed E-state index contributed by atoms with van der Waals surface area (Å²) >= 11 is 0. The van der Waals surface area contributed by atoms with Crippen LogP contribution in [0.1, 0.15) is 10.5 Å². The Kier molecular flexibility index (Phi) is 4.33. The van der Waals surface area contributed by atoms with E-state index in [-0.39, 0.29) is 17.4 Å². The standard InChI is InChI=1S/C18H17N5O4/c1-22-17(24)7-6-14(21-22)18(25)20-12-8-19-23(9-12)10-13-11-26-15-4-2-3-5-16(15)27-13/h2-9,13H,10-11H2,1H3,(H,20,25). The number of carbonyl (C=O) groups excluding carboxylic acids is 1. The molecule has 0 spiro atoms. The predicted octanol–water partition coefficient (Wildman–Crippen LogP) is 1.07. The molecular weight excluding hydrogens is 350 g/mol. The minimum atomic E-state index is -0.420. The summed E-state index contributed by atoms with van der Waals surface area (Å²) in [6.45, 7) is 0.892. The van der Waals surface area contributed by atoms with Crippen molar-refractivity contribution in [2.24, 2.45) is 7.05 Å². The molecule has 27 heavy (non-hydrogen) atoms. The normalized spacial score (nSPS) is 15.4. The Labute approximate surface area is 154 Å². The smallest absolute Gasteiger partial charge is 0.276 e. The number of nitrogens with one attached hydrogen (secondary N) is 1. The van der Waals surface area contributed by atoms with Crippen molar-refractivity contribution in [1.29, 1.82) is 0 Å². The van der Waals surface area contributed by atoms with E-state index in [4.69, 9.17) is 9.47 Å². The van der Waals surface area contributed by atoms with Crippen LogP contribution < -0.4 is 20.3 Å². The van der Waals surface area contributed by atoms with E-state index in [0.29, 0.717) is 24.6 Å². The lowest BCUT2D eigenvalue weighted by Crippen LogP contribution is -2.33. The van der Waals surface area contributed by atoms with Crippen molar-refractivity contribution in [1.82, 2.24) is 19.6 Å². The molecule has 0 saturated carbocycles. The van der Waals surface area contributed by atoms with E-state index < -0.39 is 5.91 Å². The molecule has 3 heterocycles. The number of benzene rings is 1. The van der Waals surface area contributed by atoms with Crippen molar-refractivity contribution < 1.29 is 14.3 Å². The number of ether oxygens (including phenoxy) is 2. The molecule has 9 nitrogen and oxygen atoms in total. The van der Waals surface area contributed by atoms with Crippen LogP contribution in [0.2, 0.25) is 0 Å². The molecule has 0 saturated heterocycles. The lowest BCUT2D eigenvalue weighted by atomic mass is 10.2. The van der Waals surface area contributed by atoms with Crippen molar-refractivity contribution in [3.05, 3.63) is 64.8 Å². The van der Waals surface area contributed by atoms with Crippen LogP contribution in [0.3, 0.4) is 0 Å². The Bertz CT molecular complexity index is 1040. The van der Waals surface area contributed by atoms with Gasteiger partial charge < -0.3 is 14.8 Å². The summed E-state index contributed by atoms with van der Waals surface area (Å²) in [5.41, 5.74) is 0.383. The van der Waals surface area contributed by atoms with Gasteiger partial charge in [-0.3, -0.25) is 14.3 Å². The zero-order chi connectivity index (χ0) is 18.8. The molecule has 1 amide bonds. The topological polar surface area (TPSA) is 100 Å². The number of hydrogen-bond donors (Lipinski definition) is 1. The summed E-state index contributed by atoms with van der Waals surface area (Å²) in [7, 11) is 1.49. The van der Waals surface area contributed by atoms with E-state index in [1.54, 1.807) is 10.9 Å². The molecule has 3 aromatic rings. The Balaban J connectivity index is 1.39. The Morgan fingerprint density at radius 3 is 2.89 bits per heavy atom. The average Bonchev–Trinajstić information content (AvgIpc) is 3.10. The predicted molar refractivity (Wildman–Crippen MR) is 96.0 cm³/mol. The molecule has 0 aliphatic carbocycles. The van der Waals surface area contributed by atoms with Gasteiger partial charge in [0.05, 0.1) is 18.4 Å². The largest absolute Gasteiger partial charge is 0.486 e. The Morgan fingerprint density at radius 1 is 1.26 bits per heavy atom. The first-order chi connectivity index (χ1) is 13.1. The molecule has 2 aromatic heterocycles. The number of aromatic nitrogens is 4. The SMILES string of the molecule is Cn1nc(C(=O)Nc2cnn(CC3COc4ccccc4O3)c2)ccc1=O. The summed E-state index contributed by atoms with van der Waals surface area (Å²) in [5.74, 6) is 1.01. The van der Waals surface area contributed by atoms with Gasteiger partial charge in [-0.25, -0.2) is 4.68 Å². The second-order valence-corrected chi connectivity index (χ2v) is 6.08. The maximum Gasteiger partial charge on any atom is 0.276 e. The highest BCUT2D eigenvalue weighted by Gasteiger charge is 2.21. The van der Waals surface area contributed by atoms with Gasteiger partial charge in [-0.1, -0.05) is 12.1 Å². The molecule has 4 rings (SSSR count). The van der Waals surface area contributed by atoms with Crippen molar-refractivity contribution in [3.63, 3.8) is 0 Å². The van der Waals surface area contributed by atoms with E-state index in [2.05, 4.69) is 15.5 Å². The maximum absolute atomic E-state index is 12.2. The van der Waals surface area contributed by atoms with Crippen molar-refractivity contribution >= 4 is 11.6 Å². The van der Waals surface area contributed by atoms with Crippen molar-refractivity contribution in [2.45, 2.75) is 12.6 Å². The highest BCUT2D eigenvalue weighted by atomic mass is 16.6. The number of anilines is 1. The first-order valence-corrected chi connectivity index (χ1v) is 8.35. The van der Waals surface area contributed by atoms with E-state index in [0.717, 1.165) is 10.4 Å². The number of nitrogens with zero attached hydrogens (tertiary/aromatic N) is 4. The third-order valence-corrected chi connectivity index (χ3v) is 4.04. The molecule has 1 unspecified atom stereocenters. The third-order valence-electron chi connectivity index (χ3n) is 4.04. The van der Waals surface area contributed by atoms with Crippen LogP contribution in [-0.2, 0) is 13.6 Å². The first kappa shape index (κ1) is 16.8. The number of carbonyl (C=O) groups is 1. The quantitative estimate of drug-likeness (QED) is 0.740. The fourth-order valence-corrected chi connectivity index (χ4v) is 2.71. The molecule has 1 aliphatic heterocycles. The molecule has 138 valence electrons.